The molecule has 24 heavy (non-hydrogen) atoms. The normalized spacial score (nSPS) is 12.2. The Morgan fingerprint density at radius 2 is 2.04 bits per heavy atom. The van der Waals surface area contributed by atoms with Crippen LogP contribution in [0, 0.1) is 0 Å². The number of alkyl halides is 3. The molecule has 0 bridgehead atoms. The van der Waals surface area contributed by atoms with Crippen molar-refractivity contribution in [2.45, 2.75) is 6.18 Å². The SMILES string of the molecule is FC(F)(F)c1nc(-c2nc3cc(Cl)ncn3c2-c2cnc[nH]2)n[nH]1. The fourth-order valence-electron chi connectivity index (χ4n) is 2.22. The molecule has 0 fully saturated rings. The Hall–Kier alpha value is -2.95. The number of nitrogens with one attached hydrogen (secondary N) is 2. The van der Waals surface area contributed by atoms with Crippen molar-refractivity contribution in [2.24, 2.45) is 0 Å². The van der Waals surface area contributed by atoms with Crippen molar-refractivity contribution in [3.8, 4) is 22.9 Å². The van der Waals surface area contributed by atoms with Gasteiger partial charge in [-0.3, -0.25) is 9.50 Å². The summed E-state index contributed by atoms with van der Waals surface area (Å²) in [6.07, 6.45) is -0.301. The zero-order chi connectivity index (χ0) is 16.9. The molecule has 0 saturated carbocycles. The van der Waals surface area contributed by atoms with Gasteiger partial charge >= 0.3 is 6.18 Å². The van der Waals surface area contributed by atoms with Gasteiger partial charge in [-0.2, -0.15) is 18.3 Å². The van der Waals surface area contributed by atoms with Gasteiger partial charge in [-0.25, -0.2) is 19.9 Å². The summed E-state index contributed by atoms with van der Waals surface area (Å²) in [7, 11) is 0. The second-order valence-corrected chi connectivity index (χ2v) is 5.11. The summed E-state index contributed by atoms with van der Waals surface area (Å²) in [6, 6.07) is 1.47. The van der Waals surface area contributed by atoms with E-state index < -0.39 is 12.0 Å². The molecule has 122 valence electrons. The van der Waals surface area contributed by atoms with Crippen molar-refractivity contribution < 1.29 is 13.2 Å². The minimum absolute atomic E-state index is 0.134. The number of H-pyrrole nitrogens is 2. The molecular formula is C12H6ClF3N8. The highest BCUT2D eigenvalue weighted by Gasteiger charge is 2.36. The number of imidazole rings is 2. The summed E-state index contributed by atoms with van der Waals surface area (Å²) in [6.45, 7) is 0. The molecule has 4 aromatic heterocycles. The Labute approximate surface area is 135 Å². The average Bonchev–Trinajstić information content (AvgIpc) is 3.24. The predicted molar refractivity (Wildman–Crippen MR) is 76.0 cm³/mol. The molecule has 0 aromatic carbocycles. The number of nitrogens with zero attached hydrogens (tertiary/aromatic N) is 6. The van der Waals surface area contributed by atoms with E-state index in [0.29, 0.717) is 17.0 Å². The molecule has 4 aromatic rings. The Balaban J connectivity index is 1.98. The van der Waals surface area contributed by atoms with Crippen molar-refractivity contribution >= 4 is 17.2 Å². The number of hydrogen-bond acceptors (Lipinski definition) is 5. The minimum Gasteiger partial charge on any atom is -0.343 e. The first-order valence-corrected chi connectivity index (χ1v) is 6.83. The van der Waals surface area contributed by atoms with Gasteiger partial charge in [0.1, 0.15) is 28.5 Å². The lowest BCUT2D eigenvalue weighted by Crippen LogP contribution is -2.07. The molecule has 0 aliphatic carbocycles. The Morgan fingerprint density at radius 3 is 2.71 bits per heavy atom. The molecule has 0 saturated heterocycles. The molecule has 8 nitrogen and oxygen atoms in total. The first-order chi connectivity index (χ1) is 11.4. The Kier molecular flexibility index (Phi) is 3.06. The van der Waals surface area contributed by atoms with Gasteiger partial charge in [-0.1, -0.05) is 11.6 Å². The lowest BCUT2D eigenvalue weighted by Gasteiger charge is -2.00. The molecule has 12 heteroatoms. The number of rotatable bonds is 2. The van der Waals surface area contributed by atoms with E-state index in [1.807, 2.05) is 5.10 Å². The minimum atomic E-state index is -4.64. The van der Waals surface area contributed by atoms with Crippen molar-refractivity contribution in [3.63, 3.8) is 0 Å². The summed E-state index contributed by atoms with van der Waals surface area (Å²) in [5.41, 5.74) is 1.45. The van der Waals surface area contributed by atoms with Gasteiger partial charge < -0.3 is 4.98 Å². The van der Waals surface area contributed by atoms with E-state index in [-0.39, 0.29) is 16.7 Å². The van der Waals surface area contributed by atoms with Crippen molar-refractivity contribution in [2.75, 3.05) is 0 Å². The number of halogens is 4. The van der Waals surface area contributed by atoms with Crippen LogP contribution >= 0.6 is 11.6 Å². The third-order valence-corrected chi connectivity index (χ3v) is 3.41. The largest absolute Gasteiger partial charge is 0.451 e. The zero-order valence-electron chi connectivity index (χ0n) is 11.5. The number of fused-ring (bicyclic) bond motifs is 1. The fraction of sp³-hybridized carbons (Fsp3) is 0.0833. The number of hydrogen-bond donors (Lipinski definition) is 2. The van der Waals surface area contributed by atoms with Crippen LogP contribution in [0.25, 0.3) is 28.6 Å². The molecule has 0 atom stereocenters. The summed E-state index contributed by atoms with van der Waals surface area (Å²) in [5, 5.41) is 5.69. The number of aromatic nitrogens is 8. The summed E-state index contributed by atoms with van der Waals surface area (Å²) >= 11 is 5.84. The Bertz CT molecular complexity index is 1020. The van der Waals surface area contributed by atoms with Crippen LogP contribution in [0.4, 0.5) is 13.2 Å². The van der Waals surface area contributed by atoms with E-state index >= 15 is 0 Å². The van der Waals surface area contributed by atoms with Crippen LogP contribution in [-0.2, 0) is 6.18 Å². The molecule has 0 unspecified atom stereocenters. The zero-order valence-corrected chi connectivity index (χ0v) is 12.3. The van der Waals surface area contributed by atoms with E-state index in [1.54, 1.807) is 4.40 Å². The number of aromatic amines is 2. The second-order valence-electron chi connectivity index (χ2n) is 4.72. The van der Waals surface area contributed by atoms with Crippen LogP contribution in [0.5, 0.6) is 0 Å². The lowest BCUT2D eigenvalue weighted by atomic mass is 10.2. The highest BCUT2D eigenvalue weighted by molar-refractivity contribution is 6.29. The van der Waals surface area contributed by atoms with Crippen molar-refractivity contribution in [1.29, 1.82) is 0 Å². The molecule has 0 aliphatic rings. The molecule has 0 spiro atoms. The maximum absolute atomic E-state index is 12.7. The summed E-state index contributed by atoms with van der Waals surface area (Å²) in [4.78, 5) is 18.5. The van der Waals surface area contributed by atoms with Crippen LogP contribution in [0.15, 0.2) is 24.9 Å². The third kappa shape index (κ3) is 2.29. The smallest absolute Gasteiger partial charge is 0.343 e. The molecule has 0 aliphatic heterocycles. The van der Waals surface area contributed by atoms with Gasteiger partial charge in [0.05, 0.1) is 18.2 Å². The standard InChI is InChI=1S/C12H6ClF3N8/c13-6-1-7-20-8(10-21-11(23-22-10)12(14,15)16)9(24(7)4-19-6)5-2-17-3-18-5/h1-4H,(H,17,18)(H,21,22,23). The molecule has 0 amide bonds. The molecular weight excluding hydrogens is 349 g/mol. The van der Waals surface area contributed by atoms with Gasteiger partial charge in [-0.05, 0) is 0 Å². The van der Waals surface area contributed by atoms with Crippen LogP contribution in [0.1, 0.15) is 5.82 Å². The van der Waals surface area contributed by atoms with Crippen LogP contribution < -0.4 is 0 Å². The summed E-state index contributed by atoms with van der Waals surface area (Å²) in [5.74, 6) is -1.41. The van der Waals surface area contributed by atoms with Crippen molar-refractivity contribution in [1.82, 2.24) is 39.5 Å². The van der Waals surface area contributed by atoms with E-state index in [0.717, 1.165) is 0 Å². The topological polar surface area (TPSA) is 100 Å². The highest BCUT2D eigenvalue weighted by Crippen LogP contribution is 2.32. The first-order valence-electron chi connectivity index (χ1n) is 6.46. The maximum atomic E-state index is 12.7. The molecule has 4 heterocycles. The van der Waals surface area contributed by atoms with Gasteiger partial charge in [0.25, 0.3) is 0 Å². The summed E-state index contributed by atoms with van der Waals surface area (Å²) < 4.78 is 39.8. The molecule has 2 N–H and O–H groups in total. The average molecular weight is 355 g/mol. The van der Waals surface area contributed by atoms with Crippen molar-refractivity contribution in [3.05, 3.63) is 35.9 Å². The monoisotopic (exact) mass is 354 g/mol. The van der Waals surface area contributed by atoms with Crippen LogP contribution in [0.2, 0.25) is 5.15 Å². The molecule has 0 radical (unpaired) electrons. The lowest BCUT2D eigenvalue weighted by molar-refractivity contribution is -0.144. The Morgan fingerprint density at radius 1 is 1.21 bits per heavy atom. The predicted octanol–water partition coefficient (Wildman–Crippen LogP) is 2.58. The fourth-order valence-corrected chi connectivity index (χ4v) is 2.36. The second kappa shape index (κ2) is 5.03. The van der Waals surface area contributed by atoms with Gasteiger partial charge in [-0.15, -0.1) is 0 Å². The highest BCUT2D eigenvalue weighted by atomic mass is 35.5. The van der Waals surface area contributed by atoms with E-state index in [4.69, 9.17) is 11.6 Å². The van der Waals surface area contributed by atoms with Gasteiger partial charge in [0.2, 0.25) is 11.6 Å². The van der Waals surface area contributed by atoms with Gasteiger partial charge in [0.15, 0.2) is 0 Å². The van der Waals surface area contributed by atoms with E-state index in [1.165, 1.54) is 24.9 Å². The maximum Gasteiger partial charge on any atom is 0.451 e. The van der Waals surface area contributed by atoms with E-state index in [2.05, 4.69) is 30.0 Å². The van der Waals surface area contributed by atoms with Crippen LogP contribution in [0.3, 0.4) is 0 Å². The molecule has 4 rings (SSSR count). The van der Waals surface area contributed by atoms with Crippen LogP contribution in [-0.4, -0.2) is 39.5 Å². The first kappa shape index (κ1) is 14.6. The quantitative estimate of drug-likeness (QED) is 0.539. The van der Waals surface area contributed by atoms with Gasteiger partial charge in [0, 0.05) is 6.07 Å². The van der Waals surface area contributed by atoms with E-state index in [9.17, 15) is 13.2 Å². The third-order valence-electron chi connectivity index (χ3n) is 3.20.